The number of carbonyl (C=O) groups is 2. The Balaban J connectivity index is 2.23. The fourth-order valence-electron chi connectivity index (χ4n) is 2.06. The summed E-state index contributed by atoms with van der Waals surface area (Å²) >= 11 is 0. The van der Waals surface area contributed by atoms with Gasteiger partial charge in [-0.2, -0.15) is 0 Å². The molecule has 0 unspecified atom stereocenters. The van der Waals surface area contributed by atoms with E-state index in [0.717, 1.165) is 12.8 Å². The van der Waals surface area contributed by atoms with Gasteiger partial charge < -0.3 is 19.9 Å². The van der Waals surface area contributed by atoms with Gasteiger partial charge in [-0.1, -0.05) is 0 Å². The molecule has 2 N–H and O–H groups in total. The monoisotopic (exact) mass is 279 g/mol. The minimum Gasteiger partial charge on any atom is -0.490 e. The van der Waals surface area contributed by atoms with Gasteiger partial charge in [0.1, 0.15) is 11.9 Å². The molecule has 6 heteroatoms. The van der Waals surface area contributed by atoms with Crippen LogP contribution in [-0.4, -0.2) is 38.3 Å². The van der Waals surface area contributed by atoms with Crippen LogP contribution in [0.25, 0.3) is 0 Å². The number of benzene rings is 1. The Bertz CT molecular complexity index is 522. The van der Waals surface area contributed by atoms with E-state index in [1.54, 1.807) is 6.07 Å². The summed E-state index contributed by atoms with van der Waals surface area (Å²) in [5.74, 6) is -0.696. The molecule has 0 atom stereocenters. The first-order chi connectivity index (χ1) is 9.55. The van der Waals surface area contributed by atoms with Gasteiger partial charge >= 0.3 is 11.9 Å². The molecule has 108 valence electrons. The van der Waals surface area contributed by atoms with Gasteiger partial charge in [0.2, 0.25) is 0 Å². The molecule has 1 aromatic carbocycles. The SMILES string of the molecule is COC(=O)c1ccc(OC2CC(N)C2)cc1C(=O)OC. The average Bonchev–Trinajstić information content (AvgIpc) is 2.43. The van der Waals surface area contributed by atoms with Crippen molar-refractivity contribution in [2.24, 2.45) is 5.73 Å². The molecule has 0 bridgehead atoms. The summed E-state index contributed by atoms with van der Waals surface area (Å²) in [6, 6.07) is 4.78. The minimum atomic E-state index is -0.610. The van der Waals surface area contributed by atoms with Crippen LogP contribution in [0.15, 0.2) is 18.2 Å². The lowest BCUT2D eigenvalue weighted by Gasteiger charge is -2.32. The topological polar surface area (TPSA) is 87.9 Å². The molecule has 6 nitrogen and oxygen atoms in total. The van der Waals surface area contributed by atoms with E-state index in [1.807, 2.05) is 0 Å². The van der Waals surface area contributed by atoms with Crippen LogP contribution in [0.4, 0.5) is 0 Å². The maximum absolute atomic E-state index is 11.7. The summed E-state index contributed by atoms with van der Waals surface area (Å²) in [7, 11) is 2.51. The molecular formula is C14H17NO5. The maximum atomic E-state index is 11.7. The lowest BCUT2D eigenvalue weighted by molar-refractivity contribution is 0.0553. The molecule has 1 aliphatic carbocycles. The molecule has 0 saturated heterocycles. The van der Waals surface area contributed by atoms with Crippen molar-refractivity contribution in [3.8, 4) is 5.75 Å². The first-order valence-corrected chi connectivity index (χ1v) is 6.28. The highest BCUT2D eigenvalue weighted by molar-refractivity contribution is 6.03. The van der Waals surface area contributed by atoms with E-state index in [-0.39, 0.29) is 23.3 Å². The van der Waals surface area contributed by atoms with Crippen molar-refractivity contribution in [3.63, 3.8) is 0 Å². The number of methoxy groups -OCH3 is 2. The highest BCUT2D eigenvalue weighted by Gasteiger charge is 2.28. The minimum absolute atomic E-state index is 0.0551. The van der Waals surface area contributed by atoms with Crippen LogP contribution < -0.4 is 10.5 Å². The number of rotatable bonds is 4. The van der Waals surface area contributed by atoms with Gasteiger partial charge in [0.05, 0.1) is 25.3 Å². The van der Waals surface area contributed by atoms with E-state index >= 15 is 0 Å². The zero-order valence-electron chi connectivity index (χ0n) is 11.4. The molecular weight excluding hydrogens is 262 g/mol. The van der Waals surface area contributed by atoms with Gasteiger partial charge in [0, 0.05) is 6.04 Å². The Kier molecular flexibility index (Phi) is 4.24. The van der Waals surface area contributed by atoms with Crippen molar-refractivity contribution in [3.05, 3.63) is 29.3 Å². The van der Waals surface area contributed by atoms with Crippen LogP contribution in [0, 0.1) is 0 Å². The predicted octanol–water partition coefficient (Wildman–Crippen LogP) is 1.13. The van der Waals surface area contributed by atoms with Crippen LogP contribution >= 0.6 is 0 Å². The van der Waals surface area contributed by atoms with Gasteiger partial charge in [-0.05, 0) is 31.0 Å². The van der Waals surface area contributed by atoms with E-state index in [9.17, 15) is 9.59 Å². The van der Waals surface area contributed by atoms with Crippen molar-refractivity contribution in [2.45, 2.75) is 25.0 Å². The number of nitrogens with two attached hydrogens (primary N) is 1. The second kappa shape index (κ2) is 5.92. The third-order valence-electron chi connectivity index (χ3n) is 3.24. The molecule has 1 saturated carbocycles. The van der Waals surface area contributed by atoms with Gasteiger partial charge in [-0.3, -0.25) is 0 Å². The number of carbonyl (C=O) groups excluding carboxylic acids is 2. The zero-order valence-corrected chi connectivity index (χ0v) is 11.4. The normalized spacial score (nSPS) is 20.8. The van der Waals surface area contributed by atoms with Crippen LogP contribution in [-0.2, 0) is 9.47 Å². The molecule has 2 rings (SSSR count). The molecule has 0 heterocycles. The summed E-state index contributed by atoms with van der Waals surface area (Å²) in [4.78, 5) is 23.3. The molecule has 1 aliphatic rings. The Morgan fingerprint density at radius 3 is 2.25 bits per heavy atom. The molecule has 0 aromatic heterocycles. The Morgan fingerprint density at radius 1 is 1.10 bits per heavy atom. The maximum Gasteiger partial charge on any atom is 0.338 e. The first kappa shape index (κ1) is 14.3. The van der Waals surface area contributed by atoms with E-state index in [0.29, 0.717) is 5.75 Å². The van der Waals surface area contributed by atoms with Crippen LogP contribution in [0.2, 0.25) is 0 Å². The molecule has 1 aromatic rings. The Hall–Kier alpha value is -2.08. The number of hydrogen-bond acceptors (Lipinski definition) is 6. The number of ether oxygens (including phenoxy) is 3. The van der Waals surface area contributed by atoms with E-state index in [4.69, 9.17) is 10.5 Å². The zero-order chi connectivity index (χ0) is 14.7. The number of esters is 2. The van der Waals surface area contributed by atoms with Crippen molar-refractivity contribution in [2.75, 3.05) is 14.2 Å². The fraction of sp³-hybridized carbons (Fsp3) is 0.429. The molecule has 0 aliphatic heterocycles. The molecule has 0 amide bonds. The molecule has 1 fully saturated rings. The molecule has 20 heavy (non-hydrogen) atoms. The quantitative estimate of drug-likeness (QED) is 0.831. The summed E-state index contributed by atoms with van der Waals surface area (Å²) in [6.45, 7) is 0. The average molecular weight is 279 g/mol. The standard InChI is InChI=1S/C14H17NO5/c1-18-13(16)11-4-3-9(7-12(11)14(17)19-2)20-10-5-8(15)6-10/h3-4,7-8,10H,5-6,15H2,1-2H3. The van der Waals surface area contributed by atoms with Crippen molar-refractivity contribution in [1.29, 1.82) is 0 Å². The Labute approximate surface area is 116 Å². The van der Waals surface area contributed by atoms with Crippen LogP contribution in [0.3, 0.4) is 0 Å². The van der Waals surface area contributed by atoms with E-state index < -0.39 is 11.9 Å². The largest absolute Gasteiger partial charge is 0.490 e. The third-order valence-corrected chi connectivity index (χ3v) is 3.24. The van der Waals surface area contributed by atoms with E-state index in [2.05, 4.69) is 9.47 Å². The lowest BCUT2D eigenvalue weighted by Crippen LogP contribution is -2.43. The predicted molar refractivity (Wildman–Crippen MR) is 70.7 cm³/mol. The summed E-state index contributed by atoms with van der Waals surface area (Å²) in [5.41, 5.74) is 5.96. The second-order valence-electron chi connectivity index (χ2n) is 4.66. The highest BCUT2D eigenvalue weighted by atomic mass is 16.5. The fourth-order valence-corrected chi connectivity index (χ4v) is 2.06. The first-order valence-electron chi connectivity index (χ1n) is 6.28. The van der Waals surface area contributed by atoms with Gasteiger partial charge in [-0.15, -0.1) is 0 Å². The highest BCUT2D eigenvalue weighted by Crippen LogP contribution is 2.26. The summed E-state index contributed by atoms with van der Waals surface area (Å²) in [5, 5.41) is 0. The van der Waals surface area contributed by atoms with Crippen LogP contribution in [0.5, 0.6) is 5.75 Å². The number of hydrogen-bond donors (Lipinski definition) is 1. The summed E-state index contributed by atoms with van der Waals surface area (Å²) in [6.07, 6.45) is 1.62. The van der Waals surface area contributed by atoms with Crippen molar-refractivity contribution in [1.82, 2.24) is 0 Å². The third kappa shape index (κ3) is 2.91. The van der Waals surface area contributed by atoms with E-state index in [1.165, 1.54) is 26.4 Å². The molecule has 0 spiro atoms. The van der Waals surface area contributed by atoms with Gasteiger partial charge in [-0.25, -0.2) is 9.59 Å². The van der Waals surface area contributed by atoms with Gasteiger partial charge in [0.15, 0.2) is 0 Å². The van der Waals surface area contributed by atoms with Crippen LogP contribution in [0.1, 0.15) is 33.6 Å². The second-order valence-corrected chi connectivity index (χ2v) is 4.66. The summed E-state index contributed by atoms with van der Waals surface area (Å²) < 4.78 is 15.0. The van der Waals surface area contributed by atoms with Gasteiger partial charge in [0.25, 0.3) is 0 Å². The lowest BCUT2D eigenvalue weighted by atomic mass is 9.90. The van der Waals surface area contributed by atoms with Crippen molar-refractivity contribution >= 4 is 11.9 Å². The Morgan fingerprint density at radius 2 is 1.70 bits per heavy atom. The van der Waals surface area contributed by atoms with Crippen molar-refractivity contribution < 1.29 is 23.8 Å². The molecule has 0 radical (unpaired) electrons. The smallest absolute Gasteiger partial charge is 0.338 e.